The number of hydrogen-bond donors (Lipinski definition) is 3. The van der Waals surface area contributed by atoms with Gasteiger partial charge >= 0.3 is 6.03 Å². The first-order valence-corrected chi connectivity index (χ1v) is 7.70. The second-order valence-corrected chi connectivity index (χ2v) is 5.47. The molecule has 2 amide bonds. The SMILES string of the molecule is O=C(NCC[C@H](O)c1cc2ccccc2o1)Nc1c(F)cccc1F. The molecular formula is C18H16F2N2O3. The predicted molar refractivity (Wildman–Crippen MR) is 89.2 cm³/mol. The smallest absolute Gasteiger partial charge is 0.319 e. The first-order valence-electron chi connectivity index (χ1n) is 7.70. The highest BCUT2D eigenvalue weighted by molar-refractivity contribution is 5.89. The molecule has 2 aromatic carbocycles. The minimum atomic E-state index is -0.905. The van der Waals surface area contributed by atoms with Crippen LogP contribution in [0, 0.1) is 11.6 Å². The number of rotatable bonds is 5. The molecule has 0 spiro atoms. The van der Waals surface area contributed by atoms with Crippen LogP contribution in [0.15, 0.2) is 52.9 Å². The van der Waals surface area contributed by atoms with E-state index in [1.807, 2.05) is 18.2 Å². The average molecular weight is 346 g/mol. The van der Waals surface area contributed by atoms with Gasteiger partial charge in [0.25, 0.3) is 0 Å². The molecule has 0 aliphatic carbocycles. The predicted octanol–water partition coefficient (Wildman–Crippen LogP) is 3.96. The van der Waals surface area contributed by atoms with E-state index in [-0.39, 0.29) is 13.0 Å². The third kappa shape index (κ3) is 3.95. The van der Waals surface area contributed by atoms with Gasteiger partial charge in [0.2, 0.25) is 0 Å². The summed E-state index contributed by atoms with van der Waals surface area (Å²) in [4.78, 5) is 11.7. The van der Waals surface area contributed by atoms with Crippen LogP contribution in [0.3, 0.4) is 0 Å². The maximum atomic E-state index is 13.4. The van der Waals surface area contributed by atoms with Crippen LogP contribution in [0.4, 0.5) is 19.3 Å². The second kappa shape index (κ2) is 7.31. The molecule has 5 nitrogen and oxygen atoms in total. The lowest BCUT2D eigenvalue weighted by atomic mass is 10.2. The van der Waals surface area contributed by atoms with Crippen molar-refractivity contribution in [2.75, 3.05) is 11.9 Å². The van der Waals surface area contributed by atoms with Crippen molar-refractivity contribution in [3.05, 3.63) is 65.9 Å². The van der Waals surface area contributed by atoms with E-state index < -0.39 is 29.5 Å². The van der Waals surface area contributed by atoms with Crippen LogP contribution in [0.25, 0.3) is 11.0 Å². The molecule has 3 rings (SSSR count). The molecule has 25 heavy (non-hydrogen) atoms. The third-order valence-corrected chi connectivity index (χ3v) is 3.68. The number of furan rings is 1. The number of anilines is 1. The Morgan fingerprint density at radius 3 is 2.56 bits per heavy atom. The van der Waals surface area contributed by atoms with E-state index in [2.05, 4.69) is 10.6 Å². The molecule has 0 aliphatic rings. The van der Waals surface area contributed by atoms with Gasteiger partial charge in [-0.3, -0.25) is 0 Å². The fourth-order valence-corrected chi connectivity index (χ4v) is 2.41. The standard InChI is InChI=1S/C18H16F2N2O3/c19-12-5-3-6-13(20)17(12)22-18(24)21-9-8-14(23)16-10-11-4-1-2-7-15(11)25-16/h1-7,10,14,23H,8-9H2,(H2,21,22,24)/t14-/m0/s1. The Hall–Kier alpha value is -2.93. The Bertz CT molecular complexity index is 842. The summed E-state index contributed by atoms with van der Waals surface area (Å²) in [5, 5.41) is 15.5. The fourth-order valence-electron chi connectivity index (χ4n) is 2.41. The lowest BCUT2D eigenvalue weighted by molar-refractivity contribution is 0.143. The summed E-state index contributed by atoms with van der Waals surface area (Å²) in [6, 6.07) is 11.6. The van der Waals surface area contributed by atoms with Crippen molar-refractivity contribution in [3.8, 4) is 0 Å². The second-order valence-electron chi connectivity index (χ2n) is 5.47. The van der Waals surface area contributed by atoms with Crippen molar-refractivity contribution in [1.29, 1.82) is 0 Å². The van der Waals surface area contributed by atoms with Crippen LogP contribution < -0.4 is 10.6 Å². The molecule has 1 aromatic heterocycles. The number of benzene rings is 2. The van der Waals surface area contributed by atoms with Gasteiger partial charge in [0.1, 0.15) is 34.8 Å². The van der Waals surface area contributed by atoms with E-state index >= 15 is 0 Å². The molecule has 0 bridgehead atoms. The van der Waals surface area contributed by atoms with E-state index in [1.54, 1.807) is 12.1 Å². The highest BCUT2D eigenvalue weighted by Crippen LogP contribution is 2.25. The zero-order valence-electron chi connectivity index (χ0n) is 13.1. The van der Waals surface area contributed by atoms with Gasteiger partial charge in [-0.1, -0.05) is 24.3 Å². The molecule has 0 saturated heterocycles. The number of aliphatic hydroxyl groups is 1. The van der Waals surface area contributed by atoms with E-state index in [9.17, 15) is 18.7 Å². The van der Waals surface area contributed by atoms with Crippen LogP contribution in [-0.2, 0) is 0 Å². The highest BCUT2D eigenvalue weighted by Gasteiger charge is 2.15. The van der Waals surface area contributed by atoms with E-state index in [0.29, 0.717) is 11.3 Å². The molecule has 1 heterocycles. The quantitative estimate of drug-likeness (QED) is 0.655. The van der Waals surface area contributed by atoms with Crippen molar-refractivity contribution in [3.63, 3.8) is 0 Å². The normalized spacial score (nSPS) is 12.1. The van der Waals surface area contributed by atoms with Gasteiger partial charge in [0, 0.05) is 11.9 Å². The zero-order chi connectivity index (χ0) is 17.8. The summed E-state index contributed by atoms with van der Waals surface area (Å²) in [6.07, 6.45) is -0.717. The van der Waals surface area contributed by atoms with Crippen molar-refractivity contribution in [1.82, 2.24) is 5.32 Å². The Labute approximate surface area is 142 Å². The number of amides is 2. The summed E-state index contributed by atoms with van der Waals surface area (Å²) < 4.78 is 32.4. The number of nitrogens with one attached hydrogen (secondary N) is 2. The van der Waals surface area contributed by atoms with Gasteiger partial charge < -0.3 is 20.2 Å². The van der Waals surface area contributed by atoms with Crippen LogP contribution in [0.5, 0.6) is 0 Å². The maximum Gasteiger partial charge on any atom is 0.319 e. The molecule has 130 valence electrons. The maximum absolute atomic E-state index is 13.4. The summed E-state index contributed by atoms with van der Waals surface area (Å²) >= 11 is 0. The Kier molecular flexibility index (Phi) is 4.95. The number of carbonyl (C=O) groups excluding carboxylic acids is 1. The van der Waals surface area contributed by atoms with Crippen LogP contribution in [0.1, 0.15) is 18.3 Å². The van der Waals surface area contributed by atoms with Gasteiger partial charge in [0.05, 0.1) is 0 Å². The molecule has 0 aliphatic heterocycles. The molecule has 7 heteroatoms. The highest BCUT2D eigenvalue weighted by atomic mass is 19.1. The van der Waals surface area contributed by atoms with E-state index in [0.717, 1.165) is 17.5 Å². The largest absolute Gasteiger partial charge is 0.458 e. The fraction of sp³-hybridized carbons (Fsp3) is 0.167. The van der Waals surface area contributed by atoms with Gasteiger partial charge in [-0.05, 0) is 30.7 Å². The summed E-state index contributed by atoms with van der Waals surface area (Å²) in [7, 11) is 0. The van der Waals surface area contributed by atoms with Crippen molar-refractivity contribution in [2.45, 2.75) is 12.5 Å². The Morgan fingerprint density at radius 2 is 1.84 bits per heavy atom. The van der Waals surface area contributed by atoms with Gasteiger partial charge in [0.15, 0.2) is 0 Å². The number of fused-ring (bicyclic) bond motifs is 1. The molecule has 1 atom stereocenters. The van der Waals surface area contributed by atoms with Crippen molar-refractivity contribution in [2.24, 2.45) is 0 Å². The monoisotopic (exact) mass is 346 g/mol. The van der Waals surface area contributed by atoms with Gasteiger partial charge in [-0.25, -0.2) is 13.6 Å². The molecule has 3 aromatic rings. The number of halogens is 2. The summed E-state index contributed by atoms with van der Waals surface area (Å²) in [5.74, 6) is -1.33. The van der Waals surface area contributed by atoms with Crippen LogP contribution in [-0.4, -0.2) is 17.7 Å². The molecule has 0 unspecified atom stereocenters. The number of hydrogen-bond acceptors (Lipinski definition) is 3. The summed E-state index contributed by atoms with van der Waals surface area (Å²) in [5.41, 5.74) is 0.148. The number of carbonyl (C=O) groups is 1. The third-order valence-electron chi connectivity index (χ3n) is 3.68. The van der Waals surface area contributed by atoms with Crippen LogP contribution in [0.2, 0.25) is 0 Å². The zero-order valence-corrected chi connectivity index (χ0v) is 13.1. The van der Waals surface area contributed by atoms with Crippen LogP contribution >= 0.6 is 0 Å². The topological polar surface area (TPSA) is 74.5 Å². The van der Waals surface area contributed by atoms with Crippen molar-refractivity contribution < 1.29 is 23.1 Å². The molecular weight excluding hydrogens is 330 g/mol. The molecule has 3 N–H and O–H groups in total. The first kappa shape index (κ1) is 16.9. The minimum Gasteiger partial charge on any atom is -0.458 e. The number of urea groups is 1. The van der Waals surface area contributed by atoms with Crippen molar-refractivity contribution >= 4 is 22.7 Å². The van der Waals surface area contributed by atoms with Gasteiger partial charge in [-0.15, -0.1) is 0 Å². The molecule has 0 saturated carbocycles. The lowest BCUT2D eigenvalue weighted by Crippen LogP contribution is -2.31. The average Bonchev–Trinajstić information content (AvgIpc) is 3.02. The Morgan fingerprint density at radius 1 is 1.12 bits per heavy atom. The Balaban J connectivity index is 1.52. The summed E-state index contributed by atoms with van der Waals surface area (Å²) in [6.45, 7) is 0.0973. The van der Waals surface area contributed by atoms with E-state index in [4.69, 9.17) is 4.42 Å². The number of aliphatic hydroxyl groups excluding tert-OH is 1. The lowest BCUT2D eigenvalue weighted by Gasteiger charge is -2.11. The first-order chi connectivity index (χ1) is 12.0. The van der Waals surface area contributed by atoms with Gasteiger partial charge in [-0.2, -0.15) is 0 Å². The minimum absolute atomic E-state index is 0.0973. The number of para-hydroxylation sites is 2. The van der Waals surface area contributed by atoms with E-state index in [1.165, 1.54) is 6.07 Å². The molecule has 0 radical (unpaired) electrons. The molecule has 0 fully saturated rings.